The van der Waals surface area contributed by atoms with Gasteiger partial charge in [-0.1, -0.05) is 48.5 Å². The Hall–Kier alpha value is -3.88. The van der Waals surface area contributed by atoms with E-state index < -0.39 is 23.3 Å². The van der Waals surface area contributed by atoms with Crippen LogP contribution in [0.3, 0.4) is 0 Å². The maximum Gasteiger partial charge on any atom is 0.433 e. The second-order valence-electron chi connectivity index (χ2n) is 7.03. The van der Waals surface area contributed by atoms with Crippen LogP contribution in [0.1, 0.15) is 27.3 Å². The first-order valence-electron chi connectivity index (χ1n) is 9.33. The Morgan fingerprint density at radius 3 is 2.32 bits per heavy atom. The fourth-order valence-corrected chi connectivity index (χ4v) is 3.42. The first kappa shape index (κ1) is 20.4. The molecule has 0 bridgehead atoms. The summed E-state index contributed by atoms with van der Waals surface area (Å²) >= 11 is 0. The fraction of sp³-hybridized carbons (Fsp3) is 0.136. The molecule has 0 spiro atoms. The number of aromatic nitrogens is 3. The van der Waals surface area contributed by atoms with Crippen LogP contribution in [0, 0.1) is 13.8 Å². The third-order valence-corrected chi connectivity index (χ3v) is 4.93. The molecule has 2 aromatic heterocycles. The van der Waals surface area contributed by atoms with Crippen LogP contribution in [-0.4, -0.2) is 20.5 Å². The van der Waals surface area contributed by atoms with Crippen molar-refractivity contribution in [1.82, 2.24) is 14.6 Å². The van der Waals surface area contributed by atoms with E-state index in [-0.39, 0.29) is 28.0 Å². The summed E-state index contributed by atoms with van der Waals surface area (Å²) in [5.74, 6) is -0.747. The van der Waals surface area contributed by atoms with Gasteiger partial charge in [0, 0.05) is 5.69 Å². The Balaban J connectivity index is 1.93. The molecule has 2 heterocycles. The summed E-state index contributed by atoms with van der Waals surface area (Å²) in [4.78, 5) is 30.1. The van der Waals surface area contributed by atoms with Gasteiger partial charge in [-0.3, -0.25) is 14.7 Å². The molecule has 1 amide bonds. The standard InChI is InChI=1S/C22H17F3N4O2/c1-12-8-6-7-11-15(12)27-20(30)16-13(2)26-19-17(14-9-4-3-5-10-14)18(22(23,24)25)28-29(19)21(16)31/h3-11,28H,1-2H3,(H,27,30). The quantitative estimate of drug-likeness (QED) is 0.503. The van der Waals surface area contributed by atoms with Gasteiger partial charge in [0.1, 0.15) is 11.3 Å². The van der Waals surface area contributed by atoms with E-state index in [9.17, 15) is 22.8 Å². The molecule has 4 rings (SSSR count). The zero-order valence-corrected chi connectivity index (χ0v) is 16.5. The van der Waals surface area contributed by atoms with Crippen LogP contribution < -0.4 is 10.9 Å². The van der Waals surface area contributed by atoms with Crippen LogP contribution in [0.25, 0.3) is 16.8 Å². The third kappa shape index (κ3) is 3.58. The minimum absolute atomic E-state index is 0.0287. The van der Waals surface area contributed by atoms with Gasteiger partial charge in [0.05, 0.1) is 11.3 Å². The van der Waals surface area contributed by atoms with Gasteiger partial charge in [0.15, 0.2) is 5.65 Å². The second-order valence-corrected chi connectivity index (χ2v) is 7.03. The Kier molecular flexibility index (Phi) is 4.88. The number of nitrogens with one attached hydrogen (secondary N) is 2. The highest BCUT2D eigenvalue weighted by molar-refractivity contribution is 6.05. The average Bonchev–Trinajstić information content (AvgIpc) is 3.10. The molecule has 0 unspecified atom stereocenters. The van der Waals surface area contributed by atoms with E-state index in [1.807, 2.05) is 0 Å². The number of amides is 1. The van der Waals surface area contributed by atoms with Crippen molar-refractivity contribution in [3.63, 3.8) is 0 Å². The summed E-state index contributed by atoms with van der Waals surface area (Å²) in [6.45, 7) is 3.20. The van der Waals surface area contributed by atoms with Crippen molar-refractivity contribution in [2.45, 2.75) is 20.0 Å². The molecule has 4 aromatic rings. The third-order valence-electron chi connectivity index (χ3n) is 4.93. The number of hydrogen-bond donors (Lipinski definition) is 2. The molecule has 0 aliphatic heterocycles. The van der Waals surface area contributed by atoms with E-state index >= 15 is 0 Å². The summed E-state index contributed by atoms with van der Waals surface area (Å²) < 4.78 is 41.9. The predicted octanol–water partition coefficient (Wildman–Crippen LogP) is 4.58. The number of hydrogen-bond acceptors (Lipinski definition) is 3. The highest BCUT2D eigenvalue weighted by Crippen LogP contribution is 2.38. The molecule has 0 atom stereocenters. The monoisotopic (exact) mass is 426 g/mol. The largest absolute Gasteiger partial charge is 0.433 e. The number of benzene rings is 2. The van der Waals surface area contributed by atoms with E-state index in [0.717, 1.165) is 5.56 Å². The maximum absolute atomic E-state index is 13.7. The maximum atomic E-state index is 13.7. The van der Waals surface area contributed by atoms with Crippen molar-refractivity contribution >= 4 is 17.2 Å². The fourth-order valence-electron chi connectivity index (χ4n) is 3.42. The second kappa shape index (κ2) is 7.42. The van der Waals surface area contributed by atoms with Crippen LogP contribution in [0.4, 0.5) is 18.9 Å². The number of H-pyrrole nitrogens is 1. The van der Waals surface area contributed by atoms with Gasteiger partial charge in [-0.2, -0.15) is 17.7 Å². The number of carbonyl (C=O) groups is 1. The number of halogens is 3. The zero-order valence-electron chi connectivity index (χ0n) is 16.5. The number of rotatable bonds is 3. The van der Waals surface area contributed by atoms with E-state index in [2.05, 4.69) is 15.4 Å². The molecule has 0 radical (unpaired) electrons. The van der Waals surface area contributed by atoms with Gasteiger partial charge in [-0.15, -0.1) is 0 Å². The SMILES string of the molecule is Cc1ccccc1NC(=O)c1c(C)nc2c(-c3ccccc3)c(C(F)(F)F)[nH]n2c1=O. The van der Waals surface area contributed by atoms with Crippen LogP contribution in [0.15, 0.2) is 59.4 Å². The van der Waals surface area contributed by atoms with E-state index in [0.29, 0.717) is 10.2 Å². The van der Waals surface area contributed by atoms with Gasteiger partial charge >= 0.3 is 6.18 Å². The van der Waals surface area contributed by atoms with Gasteiger partial charge in [-0.25, -0.2) is 4.98 Å². The van der Waals surface area contributed by atoms with Crippen LogP contribution in [0.2, 0.25) is 0 Å². The van der Waals surface area contributed by atoms with Gasteiger partial charge in [0.2, 0.25) is 0 Å². The van der Waals surface area contributed by atoms with Gasteiger partial charge < -0.3 is 5.32 Å². The number of aryl methyl sites for hydroxylation is 2. The Morgan fingerprint density at radius 2 is 1.68 bits per heavy atom. The minimum Gasteiger partial charge on any atom is -0.322 e. The summed E-state index contributed by atoms with van der Waals surface area (Å²) in [5, 5.41) is 4.73. The summed E-state index contributed by atoms with van der Waals surface area (Å²) in [6.07, 6.45) is -4.76. The molecule has 0 saturated heterocycles. The van der Waals surface area contributed by atoms with E-state index in [4.69, 9.17) is 0 Å². The lowest BCUT2D eigenvalue weighted by Crippen LogP contribution is -2.29. The van der Waals surface area contributed by atoms with Crippen molar-refractivity contribution in [3.8, 4) is 11.1 Å². The molecular formula is C22H17F3N4O2. The molecule has 0 fully saturated rings. The Morgan fingerprint density at radius 1 is 1.03 bits per heavy atom. The van der Waals surface area contributed by atoms with Crippen molar-refractivity contribution < 1.29 is 18.0 Å². The molecule has 2 aromatic carbocycles. The molecule has 31 heavy (non-hydrogen) atoms. The molecule has 2 N–H and O–H groups in total. The number of alkyl halides is 3. The predicted molar refractivity (Wildman–Crippen MR) is 110 cm³/mol. The van der Waals surface area contributed by atoms with Crippen LogP contribution in [0.5, 0.6) is 0 Å². The number of para-hydroxylation sites is 1. The lowest BCUT2D eigenvalue weighted by Gasteiger charge is -2.10. The zero-order chi connectivity index (χ0) is 22.3. The number of fused-ring (bicyclic) bond motifs is 1. The Bertz CT molecular complexity index is 1360. The highest BCUT2D eigenvalue weighted by atomic mass is 19.4. The number of carbonyl (C=O) groups excluding carboxylic acids is 1. The Labute approximate surface area is 174 Å². The molecule has 6 nitrogen and oxygen atoms in total. The number of anilines is 1. The molecule has 158 valence electrons. The highest BCUT2D eigenvalue weighted by Gasteiger charge is 2.38. The first-order chi connectivity index (χ1) is 14.7. The van der Waals surface area contributed by atoms with Crippen LogP contribution >= 0.6 is 0 Å². The molecular weight excluding hydrogens is 409 g/mol. The topological polar surface area (TPSA) is 79.3 Å². The van der Waals surface area contributed by atoms with E-state index in [1.165, 1.54) is 19.1 Å². The minimum atomic E-state index is -4.76. The number of nitrogens with zero attached hydrogens (tertiary/aromatic N) is 2. The van der Waals surface area contributed by atoms with E-state index in [1.54, 1.807) is 49.4 Å². The molecule has 9 heteroatoms. The summed E-state index contributed by atoms with van der Waals surface area (Å²) in [6, 6.07) is 14.8. The normalized spacial score (nSPS) is 11.6. The molecule has 0 saturated carbocycles. The van der Waals surface area contributed by atoms with Crippen LogP contribution in [-0.2, 0) is 6.18 Å². The first-order valence-corrected chi connectivity index (χ1v) is 9.33. The molecule has 0 aliphatic carbocycles. The van der Waals surface area contributed by atoms with Crippen molar-refractivity contribution in [2.24, 2.45) is 0 Å². The summed E-state index contributed by atoms with van der Waals surface area (Å²) in [7, 11) is 0. The lowest BCUT2D eigenvalue weighted by atomic mass is 10.1. The summed E-state index contributed by atoms with van der Waals surface area (Å²) in [5.41, 5.74) is -1.28. The number of aromatic amines is 1. The van der Waals surface area contributed by atoms with Crippen molar-refractivity contribution in [2.75, 3.05) is 5.32 Å². The van der Waals surface area contributed by atoms with Crippen molar-refractivity contribution in [1.29, 1.82) is 0 Å². The van der Waals surface area contributed by atoms with Gasteiger partial charge in [-0.05, 0) is 31.0 Å². The average molecular weight is 426 g/mol. The smallest absolute Gasteiger partial charge is 0.322 e. The van der Waals surface area contributed by atoms with Crippen molar-refractivity contribution in [3.05, 3.63) is 87.5 Å². The lowest BCUT2D eigenvalue weighted by molar-refractivity contribution is -0.140. The molecule has 0 aliphatic rings. The van der Waals surface area contributed by atoms with Gasteiger partial charge in [0.25, 0.3) is 11.5 Å².